The molecule has 0 aromatic carbocycles. The molecule has 0 fully saturated rings. The van der Waals surface area contributed by atoms with Gasteiger partial charge in [0.25, 0.3) is 5.91 Å². The van der Waals surface area contributed by atoms with Gasteiger partial charge in [-0.05, 0) is 17.7 Å². The zero-order valence-corrected chi connectivity index (χ0v) is 6.69. The van der Waals surface area contributed by atoms with Crippen molar-refractivity contribution in [3.63, 3.8) is 0 Å². The Bertz CT molecular complexity index is 354. The van der Waals surface area contributed by atoms with Gasteiger partial charge in [0.05, 0.1) is 0 Å². The van der Waals surface area contributed by atoms with Crippen molar-refractivity contribution < 1.29 is 4.79 Å². The number of rotatable bonds is 0. The molecule has 1 atom stereocenters. The first-order chi connectivity index (χ1) is 5.77. The van der Waals surface area contributed by atoms with Gasteiger partial charge in [-0.15, -0.1) is 0 Å². The molecule has 2 aliphatic heterocycles. The molecule has 2 heterocycles. The average molecular weight is 182 g/mol. The minimum absolute atomic E-state index is 0.0429. The van der Waals surface area contributed by atoms with Gasteiger partial charge in [-0.25, -0.2) is 9.98 Å². The van der Waals surface area contributed by atoms with Crippen molar-refractivity contribution >= 4 is 34.9 Å². The van der Waals surface area contributed by atoms with Crippen LogP contribution in [0.15, 0.2) is 27.1 Å². The van der Waals surface area contributed by atoms with Crippen LogP contribution in [0.3, 0.4) is 0 Å². The van der Waals surface area contributed by atoms with E-state index in [-0.39, 0.29) is 11.2 Å². The summed E-state index contributed by atoms with van der Waals surface area (Å²) in [4.78, 5) is 22.4. The Labute approximate surface area is 73.4 Å². The summed E-state index contributed by atoms with van der Waals surface area (Å²) >= 11 is 5.48. The smallest absolute Gasteiger partial charge is 0.263 e. The highest BCUT2D eigenvalue weighted by Crippen LogP contribution is 2.15. The van der Waals surface area contributed by atoms with E-state index in [9.17, 15) is 4.79 Å². The predicted octanol–water partition coefficient (Wildman–Crippen LogP) is 0.777. The average Bonchev–Trinajstić information content (AvgIpc) is 2.04. The van der Waals surface area contributed by atoms with E-state index in [1.807, 2.05) is 0 Å². The zero-order chi connectivity index (χ0) is 8.55. The van der Waals surface area contributed by atoms with E-state index >= 15 is 0 Å². The Kier molecular flexibility index (Phi) is 1.62. The van der Waals surface area contributed by atoms with Crippen LogP contribution < -0.4 is 0 Å². The first kappa shape index (κ1) is 7.36. The number of fused-ring (bicyclic) bond motifs is 1. The number of allylic oxidation sites excluding steroid dienone is 1. The second kappa shape index (κ2) is 2.64. The van der Waals surface area contributed by atoms with E-state index in [0.29, 0.717) is 5.84 Å². The lowest BCUT2D eigenvalue weighted by molar-refractivity contribution is -0.118. The van der Waals surface area contributed by atoms with E-state index in [4.69, 9.17) is 11.6 Å². The maximum atomic E-state index is 11.2. The van der Waals surface area contributed by atoms with Crippen LogP contribution >= 0.6 is 11.6 Å². The Morgan fingerprint density at radius 3 is 3.08 bits per heavy atom. The van der Waals surface area contributed by atoms with Crippen molar-refractivity contribution in [1.29, 1.82) is 0 Å². The van der Waals surface area contributed by atoms with Gasteiger partial charge in [-0.1, -0.05) is 6.08 Å². The van der Waals surface area contributed by atoms with E-state index in [1.165, 1.54) is 0 Å². The first-order valence-electron chi connectivity index (χ1n) is 3.35. The van der Waals surface area contributed by atoms with Gasteiger partial charge in [-0.3, -0.25) is 4.79 Å². The minimum Gasteiger partial charge on any atom is -0.271 e. The standard InChI is InChI=1S/C7H4ClN3O/c8-7-10-5-4(6(12)11-7)2-1-3-9-5/h1-4H. The molecule has 1 unspecified atom stereocenters. The van der Waals surface area contributed by atoms with Crippen LogP contribution in [0.25, 0.3) is 0 Å². The molecule has 0 spiro atoms. The molecule has 12 heavy (non-hydrogen) atoms. The Hall–Kier alpha value is -1.29. The lowest BCUT2D eigenvalue weighted by Gasteiger charge is -2.13. The normalized spacial score (nSPS) is 26.4. The molecular weight excluding hydrogens is 178 g/mol. The zero-order valence-electron chi connectivity index (χ0n) is 5.94. The molecule has 5 heteroatoms. The maximum absolute atomic E-state index is 11.2. The molecule has 0 saturated heterocycles. The maximum Gasteiger partial charge on any atom is 0.263 e. The summed E-state index contributed by atoms with van der Waals surface area (Å²) in [6, 6.07) is 0. The molecule has 0 aromatic rings. The highest BCUT2D eigenvalue weighted by molar-refractivity contribution is 6.67. The summed E-state index contributed by atoms with van der Waals surface area (Å²) in [5, 5.41) is -0.0429. The molecule has 2 aliphatic rings. The molecule has 0 N–H and O–H groups in total. The largest absolute Gasteiger partial charge is 0.271 e. The molecule has 2 rings (SSSR count). The third-order valence-electron chi connectivity index (χ3n) is 1.55. The van der Waals surface area contributed by atoms with E-state index in [0.717, 1.165) is 0 Å². The molecule has 4 nitrogen and oxygen atoms in total. The predicted molar refractivity (Wildman–Crippen MR) is 46.9 cm³/mol. The number of aliphatic imine (C=N–C) groups is 3. The monoisotopic (exact) mass is 181 g/mol. The summed E-state index contributed by atoms with van der Waals surface area (Å²) in [7, 11) is 0. The number of carbonyl (C=O) groups is 1. The fraction of sp³-hybridized carbons (Fsp3) is 0.143. The lowest BCUT2D eigenvalue weighted by Crippen LogP contribution is -2.26. The second-order valence-corrected chi connectivity index (χ2v) is 2.67. The van der Waals surface area contributed by atoms with Crippen LogP contribution in [0.2, 0.25) is 0 Å². The number of amidine groups is 2. The Balaban J connectivity index is 2.45. The number of dihydropyridines is 1. The van der Waals surface area contributed by atoms with E-state index in [1.54, 1.807) is 18.4 Å². The number of hydrogen-bond donors (Lipinski definition) is 0. The van der Waals surface area contributed by atoms with Gasteiger partial charge in [0.2, 0.25) is 5.29 Å². The SMILES string of the molecule is O=C1N=C(Cl)N=C2N=CC=CC12. The van der Waals surface area contributed by atoms with Crippen LogP contribution in [-0.4, -0.2) is 23.3 Å². The lowest BCUT2D eigenvalue weighted by atomic mass is 10.1. The van der Waals surface area contributed by atoms with E-state index in [2.05, 4.69) is 15.0 Å². The van der Waals surface area contributed by atoms with Crippen LogP contribution in [0.5, 0.6) is 0 Å². The number of carbonyl (C=O) groups excluding carboxylic acids is 1. The van der Waals surface area contributed by atoms with Gasteiger partial charge in [0.1, 0.15) is 11.8 Å². The first-order valence-corrected chi connectivity index (χ1v) is 3.72. The third-order valence-corrected chi connectivity index (χ3v) is 1.72. The molecule has 0 bridgehead atoms. The van der Waals surface area contributed by atoms with Gasteiger partial charge in [-0.2, -0.15) is 4.99 Å². The summed E-state index contributed by atoms with van der Waals surface area (Å²) in [6.45, 7) is 0. The van der Waals surface area contributed by atoms with Crippen molar-refractivity contribution in [2.24, 2.45) is 20.9 Å². The molecule has 60 valence electrons. The number of hydrogen-bond acceptors (Lipinski definition) is 3. The molecule has 0 saturated carbocycles. The number of amides is 1. The minimum atomic E-state index is -0.433. The van der Waals surface area contributed by atoms with Gasteiger partial charge in [0.15, 0.2) is 0 Å². The highest BCUT2D eigenvalue weighted by Gasteiger charge is 2.26. The fourth-order valence-electron chi connectivity index (χ4n) is 1.02. The molecule has 0 aliphatic carbocycles. The Morgan fingerprint density at radius 1 is 1.42 bits per heavy atom. The van der Waals surface area contributed by atoms with Crippen molar-refractivity contribution in [3.05, 3.63) is 12.2 Å². The Morgan fingerprint density at radius 2 is 2.25 bits per heavy atom. The molecular formula is C7H4ClN3O. The number of halogens is 1. The molecule has 0 radical (unpaired) electrons. The van der Waals surface area contributed by atoms with Crippen LogP contribution in [-0.2, 0) is 4.79 Å². The van der Waals surface area contributed by atoms with Gasteiger partial charge >= 0.3 is 0 Å². The van der Waals surface area contributed by atoms with Crippen LogP contribution in [0.4, 0.5) is 0 Å². The van der Waals surface area contributed by atoms with Crippen molar-refractivity contribution in [1.82, 2.24) is 0 Å². The highest BCUT2D eigenvalue weighted by atomic mass is 35.5. The van der Waals surface area contributed by atoms with Crippen LogP contribution in [0.1, 0.15) is 0 Å². The van der Waals surface area contributed by atoms with Crippen molar-refractivity contribution in [2.45, 2.75) is 0 Å². The quantitative estimate of drug-likeness (QED) is 0.510. The van der Waals surface area contributed by atoms with E-state index < -0.39 is 5.92 Å². The summed E-state index contributed by atoms with van der Waals surface area (Å²) < 4.78 is 0. The fourth-order valence-corrected chi connectivity index (χ4v) is 1.19. The van der Waals surface area contributed by atoms with Crippen molar-refractivity contribution in [2.75, 3.05) is 0 Å². The summed E-state index contributed by atoms with van der Waals surface area (Å²) in [6.07, 6.45) is 4.95. The summed E-state index contributed by atoms with van der Waals surface area (Å²) in [5.41, 5.74) is 0. The number of nitrogens with zero attached hydrogens (tertiary/aromatic N) is 3. The molecule has 0 aromatic heterocycles. The summed E-state index contributed by atoms with van der Waals surface area (Å²) in [5.74, 6) is -0.321. The topological polar surface area (TPSA) is 54.1 Å². The van der Waals surface area contributed by atoms with Gasteiger partial charge in [0, 0.05) is 6.21 Å². The van der Waals surface area contributed by atoms with Crippen molar-refractivity contribution in [3.8, 4) is 0 Å². The van der Waals surface area contributed by atoms with Crippen LogP contribution in [0, 0.1) is 5.92 Å². The second-order valence-electron chi connectivity index (χ2n) is 2.33. The van der Waals surface area contributed by atoms with Gasteiger partial charge < -0.3 is 0 Å². The molecule has 1 amide bonds. The third kappa shape index (κ3) is 1.10.